The van der Waals surface area contributed by atoms with Gasteiger partial charge >= 0.3 is 0 Å². The van der Waals surface area contributed by atoms with Crippen molar-refractivity contribution in [3.05, 3.63) is 29.5 Å². The van der Waals surface area contributed by atoms with E-state index in [-0.39, 0.29) is 0 Å². The molecule has 0 saturated carbocycles. The van der Waals surface area contributed by atoms with Gasteiger partial charge < -0.3 is 18.6 Å². The van der Waals surface area contributed by atoms with Crippen molar-refractivity contribution in [2.75, 3.05) is 14.2 Å². The molecule has 0 saturated heterocycles. The van der Waals surface area contributed by atoms with Crippen LogP contribution in [0.1, 0.15) is 11.1 Å². The first-order chi connectivity index (χ1) is 9.83. The molecule has 0 bridgehead atoms. The van der Waals surface area contributed by atoms with Crippen molar-refractivity contribution in [1.29, 1.82) is 0 Å². The summed E-state index contributed by atoms with van der Waals surface area (Å²) in [6.07, 6.45) is 1.61. The predicted octanol–water partition coefficient (Wildman–Crippen LogP) is 3.03. The van der Waals surface area contributed by atoms with E-state index in [0.29, 0.717) is 18.9 Å². The number of fused-ring (bicyclic) bond motifs is 3. The monoisotopic (exact) mass is 271 g/mol. The topological polar surface area (TPSA) is 53.7 Å². The molecule has 4 rings (SSSR count). The standard InChI is InChI=1S/C15H13NO4/c1-17-13-9-3-4-20-15(9)16-12-10(13)5-8-6-19-7-11(8)14(12)18-2/h3-5H,6-7H2,1-2H3. The Kier molecular flexibility index (Phi) is 2.37. The average molecular weight is 271 g/mol. The van der Waals surface area contributed by atoms with E-state index >= 15 is 0 Å². The highest BCUT2D eigenvalue weighted by Gasteiger charge is 2.23. The molecule has 3 aromatic rings. The largest absolute Gasteiger partial charge is 0.495 e. The zero-order chi connectivity index (χ0) is 13.7. The van der Waals surface area contributed by atoms with E-state index < -0.39 is 0 Å². The van der Waals surface area contributed by atoms with E-state index in [1.807, 2.05) is 6.07 Å². The number of hydrogen-bond donors (Lipinski definition) is 0. The van der Waals surface area contributed by atoms with Gasteiger partial charge in [0.05, 0.1) is 39.1 Å². The van der Waals surface area contributed by atoms with E-state index in [9.17, 15) is 0 Å². The maximum Gasteiger partial charge on any atom is 0.230 e. The first-order valence-corrected chi connectivity index (χ1v) is 6.35. The Morgan fingerprint density at radius 3 is 2.75 bits per heavy atom. The molecule has 1 aromatic carbocycles. The van der Waals surface area contributed by atoms with Gasteiger partial charge in [-0.1, -0.05) is 0 Å². The molecule has 0 unspecified atom stereocenters. The van der Waals surface area contributed by atoms with E-state index in [1.54, 1.807) is 20.5 Å². The Morgan fingerprint density at radius 2 is 1.95 bits per heavy atom. The van der Waals surface area contributed by atoms with Crippen LogP contribution in [0.15, 0.2) is 22.8 Å². The van der Waals surface area contributed by atoms with Crippen LogP contribution in [0.3, 0.4) is 0 Å². The number of rotatable bonds is 2. The van der Waals surface area contributed by atoms with E-state index in [2.05, 4.69) is 11.1 Å². The minimum absolute atomic E-state index is 0.548. The van der Waals surface area contributed by atoms with Gasteiger partial charge in [0.2, 0.25) is 5.71 Å². The Bertz CT molecular complexity index is 822. The summed E-state index contributed by atoms with van der Waals surface area (Å²) in [7, 11) is 3.30. The van der Waals surface area contributed by atoms with Gasteiger partial charge in [-0.05, 0) is 17.7 Å². The van der Waals surface area contributed by atoms with Crippen LogP contribution in [0.5, 0.6) is 11.5 Å². The van der Waals surface area contributed by atoms with Crippen molar-refractivity contribution in [3.63, 3.8) is 0 Å². The van der Waals surface area contributed by atoms with E-state index in [1.165, 1.54) is 0 Å². The van der Waals surface area contributed by atoms with Gasteiger partial charge in [-0.2, -0.15) is 0 Å². The minimum atomic E-state index is 0.548. The second kappa shape index (κ2) is 4.11. The molecule has 0 spiro atoms. The highest BCUT2D eigenvalue weighted by Crippen LogP contribution is 2.42. The van der Waals surface area contributed by atoms with Crippen LogP contribution in [0.25, 0.3) is 22.0 Å². The molecule has 102 valence electrons. The third kappa shape index (κ3) is 1.38. The molecule has 1 aliphatic heterocycles. The summed E-state index contributed by atoms with van der Waals surface area (Å²) in [5, 5.41) is 1.78. The van der Waals surface area contributed by atoms with Gasteiger partial charge in [-0.25, -0.2) is 4.98 Å². The SMILES string of the molecule is COc1c2ccoc2nc2c(OC)c3c(cc12)COC3. The molecule has 2 aromatic heterocycles. The van der Waals surface area contributed by atoms with Gasteiger partial charge in [0.25, 0.3) is 0 Å². The molecule has 3 heterocycles. The lowest BCUT2D eigenvalue weighted by atomic mass is 10.0. The second-order valence-corrected chi connectivity index (χ2v) is 4.72. The van der Waals surface area contributed by atoms with Gasteiger partial charge in [0.15, 0.2) is 5.75 Å². The van der Waals surface area contributed by atoms with Gasteiger partial charge in [0, 0.05) is 10.9 Å². The summed E-state index contributed by atoms with van der Waals surface area (Å²) >= 11 is 0. The molecule has 0 aliphatic carbocycles. The molecule has 0 radical (unpaired) electrons. The van der Waals surface area contributed by atoms with Gasteiger partial charge in [0.1, 0.15) is 11.3 Å². The number of benzene rings is 1. The Labute approximate surface area is 115 Å². The molecular weight excluding hydrogens is 258 g/mol. The molecule has 0 fully saturated rings. The highest BCUT2D eigenvalue weighted by atomic mass is 16.5. The number of aromatic nitrogens is 1. The highest BCUT2D eigenvalue weighted by molar-refractivity contribution is 6.02. The van der Waals surface area contributed by atoms with Crippen LogP contribution in [0.4, 0.5) is 0 Å². The maximum absolute atomic E-state index is 5.56. The van der Waals surface area contributed by atoms with Crippen molar-refractivity contribution in [1.82, 2.24) is 4.98 Å². The summed E-state index contributed by atoms with van der Waals surface area (Å²) in [4.78, 5) is 4.57. The third-order valence-electron chi connectivity index (χ3n) is 3.71. The zero-order valence-corrected chi connectivity index (χ0v) is 11.2. The quantitative estimate of drug-likeness (QED) is 0.717. The van der Waals surface area contributed by atoms with Crippen LogP contribution < -0.4 is 9.47 Å². The van der Waals surface area contributed by atoms with Crippen molar-refractivity contribution < 1.29 is 18.6 Å². The second-order valence-electron chi connectivity index (χ2n) is 4.72. The first-order valence-electron chi connectivity index (χ1n) is 6.35. The number of hydrogen-bond acceptors (Lipinski definition) is 5. The Balaban J connectivity index is 2.22. The number of methoxy groups -OCH3 is 2. The summed E-state index contributed by atoms with van der Waals surface area (Å²) < 4.78 is 22.0. The summed E-state index contributed by atoms with van der Waals surface area (Å²) in [5.41, 5.74) is 3.47. The fourth-order valence-corrected chi connectivity index (χ4v) is 2.82. The molecule has 0 N–H and O–H groups in total. The van der Waals surface area contributed by atoms with Gasteiger partial charge in [-0.15, -0.1) is 0 Å². The van der Waals surface area contributed by atoms with Gasteiger partial charge in [-0.3, -0.25) is 0 Å². The fraction of sp³-hybridized carbons (Fsp3) is 0.267. The Morgan fingerprint density at radius 1 is 1.10 bits per heavy atom. The summed E-state index contributed by atoms with van der Waals surface area (Å²) in [6, 6.07) is 3.93. The first kappa shape index (κ1) is 11.5. The molecule has 5 nitrogen and oxygen atoms in total. The average Bonchev–Trinajstić information content (AvgIpc) is 3.10. The van der Waals surface area contributed by atoms with E-state index in [0.717, 1.165) is 38.9 Å². The lowest BCUT2D eigenvalue weighted by molar-refractivity contribution is 0.133. The summed E-state index contributed by atoms with van der Waals surface area (Å²) in [6.45, 7) is 1.14. The predicted molar refractivity (Wildman–Crippen MR) is 73.1 cm³/mol. The van der Waals surface area contributed by atoms with Crippen LogP contribution in [-0.2, 0) is 18.0 Å². The number of nitrogens with zero attached hydrogens (tertiary/aromatic N) is 1. The van der Waals surface area contributed by atoms with Crippen LogP contribution in [-0.4, -0.2) is 19.2 Å². The molecular formula is C15H13NO4. The lowest BCUT2D eigenvalue weighted by Gasteiger charge is -2.12. The van der Waals surface area contributed by atoms with Crippen molar-refractivity contribution in [3.8, 4) is 11.5 Å². The third-order valence-corrected chi connectivity index (χ3v) is 3.71. The molecule has 0 atom stereocenters. The van der Waals surface area contributed by atoms with Crippen LogP contribution in [0.2, 0.25) is 0 Å². The number of ether oxygens (including phenoxy) is 3. The zero-order valence-electron chi connectivity index (χ0n) is 11.2. The maximum atomic E-state index is 5.56. The summed E-state index contributed by atoms with van der Waals surface area (Å²) in [5.74, 6) is 1.50. The van der Waals surface area contributed by atoms with Crippen molar-refractivity contribution in [2.45, 2.75) is 13.2 Å². The van der Waals surface area contributed by atoms with Crippen LogP contribution in [0, 0.1) is 0 Å². The van der Waals surface area contributed by atoms with Crippen molar-refractivity contribution >= 4 is 22.0 Å². The fourth-order valence-electron chi connectivity index (χ4n) is 2.82. The molecule has 5 heteroatoms. The van der Waals surface area contributed by atoms with E-state index in [4.69, 9.17) is 18.6 Å². The number of pyridine rings is 1. The Hall–Kier alpha value is -2.27. The molecule has 1 aliphatic rings. The number of furan rings is 1. The minimum Gasteiger partial charge on any atom is -0.495 e. The van der Waals surface area contributed by atoms with Crippen LogP contribution >= 0.6 is 0 Å². The smallest absolute Gasteiger partial charge is 0.230 e. The normalized spacial score (nSPS) is 13.9. The lowest BCUT2D eigenvalue weighted by Crippen LogP contribution is -1.97. The van der Waals surface area contributed by atoms with Crippen molar-refractivity contribution in [2.24, 2.45) is 0 Å². The molecule has 20 heavy (non-hydrogen) atoms. The molecule has 0 amide bonds.